The molecule has 0 fully saturated rings. The molecule has 29 heavy (non-hydrogen) atoms. The minimum Gasteiger partial charge on any atom is -0.346 e. The lowest BCUT2D eigenvalue weighted by molar-refractivity contribution is 0.305. The van der Waals surface area contributed by atoms with Gasteiger partial charge in [0.1, 0.15) is 0 Å². The lowest BCUT2D eigenvalue weighted by Gasteiger charge is -2.23. The first-order chi connectivity index (χ1) is 14.0. The van der Waals surface area contributed by atoms with E-state index in [2.05, 4.69) is 65.0 Å². The molecule has 3 nitrogen and oxygen atoms in total. The highest BCUT2D eigenvalue weighted by molar-refractivity contribution is 6.35. The summed E-state index contributed by atoms with van der Waals surface area (Å²) in [7, 11) is 4.39. The molecule has 0 saturated carbocycles. The van der Waals surface area contributed by atoms with Gasteiger partial charge in [-0.05, 0) is 54.9 Å². The fraction of sp³-hybridized carbons (Fsp3) is 0.250. The summed E-state index contributed by atoms with van der Waals surface area (Å²) in [5, 5.41) is 2.73. The van der Waals surface area contributed by atoms with E-state index in [0.717, 1.165) is 37.2 Å². The fourth-order valence-electron chi connectivity index (χ4n) is 4.46. The van der Waals surface area contributed by atoms with Gasteiger partial charge < -0.3 is 14.4 Å². The van der Waals surface area contributed by atoms with Crippen LogP contribution in [0.5, 0.6) is 0 Å². The monoisotopic (exact) mass is 423 g/mol. The van der Waals surface area contributed by atoms with Gasteiger partial charge >= 0.3 is 0 Å². The average Bonchev–Trinajstić information content (AvgIpc) is 2.99. The number of anilines is 1. The second-order valence-electron chi connectivity index (χ2n) is 7.93. The van der Waals surface area contributed by atoms with Crippen LogP contribution >= 0.6 is 23.2 Å². The summed E-state index contributed by atoms with van der Waals surface area (Å²) in [6, 6.07) is 12.5. The highest BCUT2D eigenvalue weighted by atomic mass is 35.5. The first kappa shape index (κ1) is 18.8. The van der Waals surface area contributed by atoms with Crippen molar-refractivity contribution in [2.24, 2.45) is 7.05 Å². The van der Waals surface area contributed by atoms with E-state index >= 15 is 0 Å². The van der Waals surface area contributed by atoms with Crippen molar-refractivity contribution in [1.29, 1.82) is 0 Å². The summed E-state index contributed by atoms with van der Waals surface area (Å²) in [6.07, 6.45) is 7.59. The van der Waals surface area contributed by atoms with Gasteiger partial charge in [-0.15, -0.1) is 0 Å². The number of allylic oxidation sites excluding steroid dienone is 2. The zero-order chi connectivity index (χ0) is 20.1. The molecule has 5 rings (SSSR count). The van der Waals surface area contributed by atoms with Crippen molar-refractivity contribution in [3.05, 3.63) is 81.6 Å². The number of likely N-dealkylation sites (N-methyl/N-ethyl adjacent to an activating group) is 1. The summed E-state index contributed by atoms with van der Waals surface area (Å²) in [5.74, 6) is 0. The highest BCUT2D eigenvalue weighted by Crippen LogP contribution is 2.34. The quantitative estimate of drug-likeness (QED) is 0.508. The zero-order valence-corrected chi connectivity index (χ0v) is 18.1. The summed E-state index contributed by atoms with van der Waals surface area (Å²) in [4.78, 5) is 4.66. The third-order valence-corrected chi connectivity index (χ3v) is 6.65. The lowest BCUT2D eigenvalue weighted by Crippen LogP contribution is -2.27. The Kier molecular flexibility index (Phi) is 4.70. The Morgan fingerprint density at radius 3 is 2.62 bits per heavy atom. The predicted octanol–water partition coefficient (Wildman–Crippen LogP) is 5.89. The van der Waals surface area contributed by atoms with Crippen LogP contribution in [0, 0.1) is 0 Å². The summed E-state index contributed by atoms with van der Waals surface area (Å²) < 4.78 is 2.37. The van der Waals surface area contributed by atoms with Crippen molar-refractivity contribution in [1.82, 2.24) is 9.47 Å². The van der Waals surface area contributed by atoms with Gasteiger partial charge in [-0.3, -0.25) is 0 Å². The maximum Gasteiger partial charge on any atom is 0.0504 e. The van der Waals surface area contributed by atoms with E-state index in [1.165, 1.54) is 27.8 Å². The molecule has 0 N–H and O–H groups in total. The van der Waals surface area contributed by atoms with Gasteiger partial charge in [0.05, 0.1) is 5.52 Å². The first-order valence-corrected chi connectivity index (χ1v) is 10.7. The molecule has 0 unspecified atom stereocenters. The van der Waals surface area contributed by atoms with Crippen molar-refractivity contribution in [2.75, 3.05) is 25.0 Å². The van der Waals surface area contributed by atoms with Crippen LogP contribution in [0.1, 0.15) is 16.8 Å². The SMILES string of the molecule is CN1CCc2c(n(C)c3cc(N4C=CC(c5ccc(Cl)cc5Cl)=CC4)ccc23)C1. The molecular weight excluding hydrogens is 401 g/mol. The molecule has 2 aliphatic rings. The second kappa shape index (κ2) is 7.24. The molecule has 0 aliphatic carbocycles. The van der Waals surface area contributed by atoms with Gasteiger partial charge in [0.25, 0.3) is 0 Å². The molecular formula is C24H23Cl2N3. The van der Waals surface area contributed by atoms with Crippen LogP contribution in [0.15, 0.2) is 54.8 Å². The number of halogens is 2. The minimum absolute atomic E-state index is 0.658. The molecule has 148 valence electrons. The number of aryl methyl sites for hydroxylation is 1. The molecule has 0 radical (unpaired) electrons. The Morgan fingerprint density at radius 1 is 1.00 bits per heavy atom. The first-order valence-electron chi connectivity index (χ1n) is 9.90. The molecule has 0 bridgehead atoms. The van der Waals surface area contributed by atoms with E-state index in [1.807, 2.05) is 12.1 Å². The third-order valence-electron chi connectivity index (χ3n) is 6.10. The Morgan fingerprint density at radius 2 is 1.86 bits per heavy atom. The molecule has 0 atom stereocenters. The number of hydrogen-bond acceptors (Lipinski definition) is 2. The van der Waals surface area contributed by atoms with Crippen molar-refractivity contribution in [3.8, 4) is 0 Å². The van der Waals surface area contributed by atoms with Crippen LogP contribution in [-0.2, 0) is 20.0 Å². The minimum atomic E-state index is 0.658. The van der Waals surface area contributed by atoms with Gasteiger partial charge in [0.15, 0.2) is 0 Å². The third kappa shape index (κ3) is 3.28. The Labute approximate surface area is 181 Å². The maximum absolute atomic E-state index is 6.38. The summed E-state index contributed by atoms with van der Waals surface area (Å²) in [5.41, 5.74) is 7.62. The molecule has 3 heterocycles. The summed E-state index contributed by atoms with van der Waals surface area (Å²) in [6.45, 7) is 2.96. The number of hydrogen-bond donors (Lipinski definition) is 0. The van der Waals surface area contributed by atoms with Crippen LogP contribution in [0.3, 0.4) is 0 Å². The predicted molar refractivity (Wildman–Crippen MR) is 124 cm³/mol. The van der Waals surface area contributed by atoms with Crippen LogP contribution in [0.2, 0.25) is 10.0 Å². The smallest absolute Gasteiger partial charge is 0.0504 e. The van der Waals surface area contributed by atoms with Gasteiger partial charge in [-0.2, -0.15) is 0 Å². The summed E-state index contributed by atoms with van der Waals surface area (Å²) >= 11 is 12.4. The van der Waals surface area contributed by atoms with Crippen LogP contribution in [-0.4, -0.2) is 29.6 Å². The molecule has 1 aromatic heterocycles. The topological polar surface area (TPSA) is 11.4 Å². The number of benzene rings is 2. The molecule has 2 aromatic carbocycles. The normalized spacial score (nSPS) is 17.0. The van der Waals surface area contributed by atoms with Crippen molar-refractivity contribution in [2.45, 2.75) is 13.0 Å². The molecule has 2 aliphatic heterocycles. The Bertz CT molecular complexity index is 1170. The van der Waals surface area contributed by atoms with Gasteiger partial charge in [0.2, 0.25) is 0 Å². The van der Waals surface area contributed by atoms with E-state index in [0.29, 0.717) is 10.0 Å². The molecule has 0 spiro atoms. The average molecular weight is 424 g/mol. The number of nitrogens with zero attached hydrogens (tertiary/aromatic N) is 3. The van der Waals surface area contributed by atoms with Crippen LogP contribution < -0.4 is 4.90 Å². The van der Waals surface area contributed by atoms with E-state index in [9.17, 15) is 0 Å². The Hall–Kier alpha value is -2.20. The van der Waals surface area contributed by atoms with E-state index in [-0.39, 0.29) is 0 Å². The second-order valence-corrected chi connectivity index (χ2v) is 8.77. The van der Waals surface area contributed by atoms with E-state index < -0.39 is 0 Å². The van der Waals surface area contributed by atoms with E-state index in [1.54, 1.807) is 6.07 Å². The van der Waals surface area contributed by atoms with Crippen LogP contribution in [0.4, 0.5) is 5.69 Å². The van der Waals surface area contributed by atoms with Crippen LogP contribution in [0.25, 0.3) is 16.5 Å². The fourth-order valence-corrected chi connectivity index (χ4v) is 4.98. The number of aromatic nitrogens is 1. The molecule has 5 heteroatoms. The highest BCUT2D eigenvalue weighted by Gasteiger charge is 2.21. The Balaban J connectivity index is 1.45. The number of fused-ring (bicyclic) bond motifs is 3. The van der Waals surface area contributed by atoms with Gasteiger partial charge in [-0.25, -0.2) is 0 Å². The van der Waals surface area contributed by atoms with Crippen molar-refractivity contribution >= 4 is 45.4 Å². The molecule has 3 aromatic rings. The van der Waals surface area contributed by atoms with Gasteiger partial charge in [-0.1, -0.05) is 41.4 Å². The van der Waals surface area contributed by atoms with Gasteiger partial charge in [0, 0.05) is 65.3 Å². The molecule has 0 saturated heterocycles. The zero-order valence-electron chi connectivity index (χ0n) is 16.6. The van der Waals surface area contributed by atoms with Crippen molar-refractivity contribution in [3.63, 3.8) is 0 Å². The van der Waals surface area contributed by atoms with Crippen molar-refractivity contribution < 1.29 is 0 Å². The maximum atomic E-state index is 6.38. The van der Waals surface area contributed by atoms with E-state index in [4.69, 9.17) is 23.2 Å². The number of rotatable bonds is 2. The largest absolute Gasteiger partial charge is 0.346 e. The lowest BCUT2D eigenvalue weighted by atomic mass is 10.0. The molecule has 0 amide bonds. The standard InChI is InChI=1S/C24H23Cl2N3/c1-27-10-9-21-20-6-4-18(14-23(20)28(2)24(21)15-27)29-11-7-16(8-12-29)19-5-3-17(25)13-22(19)26/h3-8,11,13-14H,9-10,12,15H2,1-2H3.